The van der Waals surface area contributed by atoms with E-state index in [2.05, 4.69) is 36.2 Å². The maximum atomic E-state index is 9.47. The lowest BCUT2D eigenvalue weighted by Crippen LogP contribution is -2.48. The smallest absolute Gasteiger partial charge is 0.174 e. The van der Waals surface area contributed by atoms with Crippen LogP contribution in [0.4, 0.5) is 0 Å². The Morgan fingerprint density at radius 1 is 0.812 bits per heavy atom. The molecule has 3 aliphatic carbocycles. The number of hydrogen-bond acceptors (Lipinski definition) is 4. The van der Waals surface area contributed by atoms with Gasteiger partial charge in [-0.1, -0.05) is 13.8 Å². The van der Waals surface area contributed by atoms with Crippen LogP contribution in [0.5, 0.6) is 0 Å². The van der Waals surface area contributed by atoms with Crippen LogP contribution in [-0.4, -0.2) is 11.1 Å². The topological polar surface area (TPSA) is 72.3 Å². The highest BCUT2D eigenvalue weighted by Gasteiger charge is 2.87. The fourth-order valence-corrected chi connectivity index (χ4v) is 4.84. The lowest BCUT2D eigenvalue weighted by molar-refractivity contribution is 0.188. The largest absolute Gasteiger partial charge is 0.196 e. The Morgan fingerprint density at radius 2 is 1.12 bits per heavy atom. The number of rotatable bonds is 0. The molecule has 4 nitrogen and oxygen atoms in total. The van der Waals surface area contributed by atoms with E-state index >= 15 is 0 Å². The third kappa shape index (κ3) is 0.546. The molecule has 8 atom stereocenters. The van der Waals surface area contributed by atoms with E-state index in [0.29, 0.717) is 35.5 Å². The summed E-state index contributed by atoms with van der Waals surface area (Å²) in [6.07, 6.45) is 0. The van der Waals surface area contributed by atoms with E-state index in [9.17, 15) is 10.5 Å². The summed E-state index contributed by atoms with van der Waals surface area (Å²) in [4.78, 5) is 0. The normalized spacial score (nSPS) is 67.5. The molecule has 2 heterocycles. The van der Waals surface area contributed by atoms with Gasteiger partial charge in [0.05, 0.1) is 12.1 Å². The summed E-state index contributed by atoms with van der Waals surface area (Å²) in [5, 5.41) is 27.5. The van der Waals surface area contributed by atoms with E-state index < -0.39 is 11.1 Å². The van der Waals surface area contributed by atoms with Crippen LogP contribution in [0.2, 0.25) is 0 Å². The molecule has 0 aromatic carbocycles. The van der Waals surface area contributed by atoms with Crippen molar-refractivity contribution in [3.63, 3.8) is 0 Å². The zero-order chi connectivity index (χ0) is 11.3. The molecule has 4 unspecified atom stereocenters. The lowest BCUT2D eigenvalue weighted by atomic mass is 9.73. The maximum Gasteiger partial charge on any atom is 0.174 e. The summed E-state index contributed by atoms with van der Waals surface area (Å²) in [6.45, 7) is 4.28. The van der Waals surface area contributed by atoms with Crippen molar-refractivity contribution in [2.24, 2.45) is 45.7 Å². The van der Waals surface area contributed by atoms with Gasteiger partial charge in [-0.3, -0.25) is 0 Å². The van der Waals surface area contributed by atoms with Gasteiger partial charge in [0.2, 0.25) is 0 Å². The SMILES string of the molecule is CC1[C@@H]2[C@H]1C1(C#N)N=NC2(C#N)[C@H]2C(C)[C@H]21. The molecule has 3 saturated carbocycles. The molecule has 0 radical (unpaired) electrons. The zero-order valence-corrected chi connectivity index (χ0v) is 9.25. The van der Waals surface area contributed by atoms with Crippen LogP contribution in [0.15, 0.2) is 10.2 Å². The van der Waals surface area contributed by atoms with Gasteiger partial charge in [0, 0.05) is 23.7 Å². The Kier molecular flexibility index (Phi) is 1.10. The predicted molar refractivity (Wildman–Crippen MR) is 53.8 cm³/mol. The average molecular weight is 212 g/mol. The molecule has 3 fully saturated rings. The molecule has 0 spiro atoms. The molecule has 0 saturated heterocycles. The molecule has 0 N–H and O–H groups in total. The van der Waals surface area contributed by atoms with Crippen LogP contribution in [0, 0.1) is 58.2 Å². The molecule has 0 aromatic rings. The quantitative estimate of drug-likeness (QED) is 0.613. The van der Waals surface area contributed by atoms with Crippen LogP contribution in [-0.2, 0) is 0 Å². The van der Waals surface area contributed by atoms with Gasteiger partial charge in [0.15, 0.2) is 11.1 Å². The first-order valence-corrected chi connectivity index (χ1v) is 5.90. The molecule has 2 aliphatic heterocycles. The van der Waals surface area contributed by atoms with Gasteiger partial charge in [-0.2, -0.15) is 20.8 Å². The molecule has 4 heteroatoms. The van der Waals surface area contributed by atoms with E-state index in [4.69, 9.17) is 0 Å². The van der Waals surface area contributed by atoms with Crippen LogP contribution >= 0.6 is 0 Å². The van der Waals surface area contributed by atoms with E-state index in [1.807, 2.05) is 0 Å². The van der Waals surface area contributed by atoms with Gasteiger partial charge >= 0.3 is 0 Å². The van der Waals surface area contributed by atoms with E-state index in [1.54, 1.807) is 0 Å². The Hall–Kier alpha value is -1.42. The second kappa shape index (κ2) is 2.02. The maximum absolute atomic E-state index is 9.47. The third-order valence-corrected chi connectivity index (χ3v) is 5.53. The van der Waals surface area contributed by atoms with E-state index in [0.717, 1.165) is 0 Å². The number of nitriles is 2. The van der Waals surface area contributed by atoms with Crippen LogP contribution in [0.1, 0.15) is 13.8 Å². The molecule has 80 valence electrons. The minimum atomic E-state index is -0.577. The summed E-state index contributed by atoms with van der Waals surface area (Å²) in [5.74, 6) is 2.05. The molecule has 0 amide bonds. The molecule has 0 aromatic heterocycles. The summed E-state index contributed by atoms with van der Waals surface area (Å²) < 4.78 is 0. The Bertz CT molecular complexity index is 442. The first-order chi connectivity index (χ1) is 7.64. The second-order valence-corrected chi connectivity index (χ2v) is 5.90. The van der Waals surface area contributed by atoms with Crippen LogP contribution in [0.25, 0.3) is 0 Å². The van der Waals surface area contributed by atoms with Gasteiger partial charge in [-0.05, 0) is 11.8 Å². The zero-order valence-electron chi connectivity index (χ0n) is 9.25. The van der Waals surface area contributed by atoms with Crippen LogP contribution < -0.4 is 0 Å². The molecular weight excluding hydrogens is 200 g/mol. The fraction of sp³-hybridized carbons (Fsp3) is 0.833. The van der Waals surface area contributed by atoms with Gasteiger partial charge in [-0.15, -0.1) is 0 Å². The lowest BCUT2D eigenvalue weighted by Gasteiger charge is -2.37. The second-order valence-electron chi connectivity index (χ2n) is 5.90. The van der Waals surface area contributed by atoms with Gasteiger partial charge < -0.3 is 0 Å². The van der Waals surface area contributed by atoms with Crippen molar-refractivity contribution in [2.45, 2.75) is 24.9 Å². The highest BCUT2D eigenvalue weighted by atomic mass is 15.3. The van der Waals surface area contributed by atoms with E-state index in [-0.39, 0.29) is 0 Å². The third-order valence-electron chi connectivity index (χ3n) is 5.53. The van der Waals surface area contributed by atoms with Crippen LogP contribution in [0.3, 0.4) is 0 Å². The standard InChI is InChI=1S/C12H12N4/c1-5-7-8(5)12(4-14)10-6(2)9(10)11(7,3-13)15-16-12/h5-10H,1-2H3/t5?,6?,7-,8+,9+,10-,11?,12?. The predicted octanol–water partition coefficient (Wildman–Crippen LogP) is 1.75. The first-order valence-electron chi connectivity index (χ1n) is 5.90. The fourth-order valence-electron chi connectivity index (χ4n) is 4.84. The number of nitrogens with zero attached hydrogens (tertiary/aromatic N) is 4. The van der Waals surface area contributed by atoms with Crippen molar-refractivity contribution in [2.75, 3.05) is 0 Å². The van der Waals surface area contributed by atoms with Crippen molar-refractivity contribution in [3.8, 4) is 12.1 Å². The summed E-state index contributed by atoms with van der Waals surface area (Å²) in [7, 11) is 0. The van der Waals surface area contributed by atoms with Crippen molar-refractivity contribution in [3.05, 3.63) is 0 Å². The minimum Gasteiger partial charge on any atom is -0.196 e. The van der Waals surface area contributed by atoms with Gasteiger partial charge in [-0.25, -0.2) is 0 Å². The molecule has 5 aliphatic rings. The minimum absolute atomic E-state index is 0.292. The average Bonchev–Trinajstić information content (AvgIpc) is 3.19. The first kappa shape index (κ1) is 8.70. The summed E-state index contributed by atoms with van der Waals surface area (Å²) in [6, 6.07) is 4.84. The number of hydrogen-bond donors (Lipinski definition) is 0. The molecule has 2 bridgehead atoms. The highest BCUT2D eigenvalue weighted by Crippen LogP contribution is 2.80. The summed E-state index contributed by atoms with van der Waals surface area (Å²) in [5.41, 5.74) is -1.15. The van der Waals surface area contributed by atoms with Crippen molar-refractivity contribution in [1.82, 2.24) is 0 Å². The Morgan fingerprint density at radius 3 is 1.38 bits per heavy atom. The van der Waals surface area contributed by atoms with Crippen molar-refractivity contribution >= 4 is 0 Å². The Labute approximate surface area is 94.0 Å². The van der Waals surface area contributed by atoms with Gasteiger partial charge in [0.1, 0.15) is 0 Å². The van der Waals surface area contributed by atoms with Gasteiger partial charge in [0.25, 0.3) is 0 Å². The molecular formula is C12H12N4. The molecule has 16 heavy (non-hydrogen) atoms. The van der Waals surface area contributed by atoms with Crippen molar-refractivity contribution in [1.29, 1.82) is 10.5 Å². The Balaban J connectivity index is 1.98. The number of azo groups is 1. The van der Waals surface area contributed by atoms with Crippen molar-refractivity contribution < 1.29 is 0 Å². The highest BCUT2D eigenvalue weighted by molar-refractivity contribution is 5.45. The summed E-state index contributed by atoms with van der Waals surface area (Å²) >= 11 is 0. The van der Waals surface area contributed by atoms with E-state index in [1.165, 1.54) is 0 Å². The molecule has 5 rings (SSSR count). The monoisotopic (exact) mass is 212 g/mol.